The van der Waals surface area contributed by atoms with Crippen LogP contribution in [0.5, 0.6) is 0 Å². The van der Waals surface area contributed by atoms with Crippen molar-refractivity contribution >= 4 is 17.9 Å². The van der Waals surface area contributed by atoms with Gasteiger partial charge in [0.05, 0.1) is 31.3 Å². The highest BCUT2D eigenvalue weighted by Gasteiger charge is 2.78. The van der Waals surface area contributed by atoms with Gasteiger partial charge in [-0.25, -0.2) is 4.79 Å². The second-order valence-corrected chi connectivity index (χ2v) is 14.7. The van der Waals surface area contributed by atoms with E-state index in [9.17, 15) is 19.5 Å². The van der Waals surface area contributed by atoms with Gasteiger partial charge in [-0.3, -0.25) is 9.59 Å². The SMILES string of the molecule is C/C=C(\C)C(=O)O[C@H]1C[C@@H](OC(C)=O)[C@@]2(C)COC3C2[C@@]1(C)[C@H]1C[C@H](OC(C)=O)[C@]2(C)C(=CC[C@H]2c2ccoc2)[C@]1(C)[C@@H]3O. The molecule has 0 spiro atoms. The number of esters is 3. The Bertz CT molecular complexity index is 1410. The number of allylic oxidation sites excluding steroid dienone is 2. The van der Waals surface area contributed by atoms with Gasteiger partial charge in [-0.2, -0.15) is 0 Å². The summed E-state index contributed by atoms with van der Waals surface area (Å²) in [4.78, 5) is 38.4. The van der Waals surface area contributed by atoms with Gasteiger partial charge in [-0.05, 0) is 44.2 Å². The lowest BCUT2D eigenvalue weighted by Crippen LogP contribution is -2.74. The molecule has 5 aliphatic rings. The van der Waals surface area contributed by atoms with Crippen LogP contribution in [0, 0.1) is 33.5 Å². The Morgan fingerprint density at radius 3 is 2.25 bits per heavy atom. The van der Waals surface area contributed by atoms with Gasteiger partial charge in [0.1, 0.15) is 18.3 Å². The van der Waals surface area contributed by atoms with E-state index in [2.05, 4.69) is 33.8 Å². The van der Waals surface area contributed by atoms with Crippen molar-refractivity contribution < 1.29 is 42.9 Å². The van der Waals surface area contributed by atoms with Gasteiger partial charge < -0.3 is 28.5 Å². The topological polar surface area (TPSA) is 122 Å². The average Bonchev–Trinajstić information content (AvgIpc) is 3.69. The summed E-state index contributed by atoms with van der Waals surface area (Å²) >= 11 is 0. The lowest BCUT2D eigenvalue weighted by atomic mass is 9.36. The summed E-state index contributed by atoms with van der Waals surface area (Å²) in [6, 6.07) is 1.96. The Balaban J connectivity index is 1.54. The minimum atomic E-state index is -0.899. The standard InChI is InChI=1S/C35H46O9/c1-9-18(2)31(39)44-27-15-25(42-19(3)36)32(5)17-41-28-29(32)35(27,8)24-14-26(43-20(4)37)33(6)22(21-12-13-40-16-21)10-11-23(33)34(24,7)30(28)38/h9,11-13,16,22,24-30,38H,10,14-15,17H2,1-8H3/b18-9+/t22-,24-,25+,26-,27-,28?,29?,30+,32+,33-,34-,35-/m0/s1. The molecular weight excluding hydrogens is 564 g/mol. The highest BCUT2D eigenvalue weighted by Crippen LogP contribution is 2.75. The van der Waals surface area contributed by atoms with E-state index >= 15 is 0 Å². The van der Waals surface area contributed by atoms with Crippen molar-refractivity contribution in [3.8, 4) is 0 Å². The molecule has 1 N–H and O–H groups in total. The van der Waals surface area contributed by atoms with Gasteiger partial charge >= 0.3 is 17.9 Å². The third-order valence-corrected chi connectivity index (χ3v) is 12.7. The van der Waals surface area contributed by atoms with Crippen LogP contribution in [0.3, 0.4) is 0 Å². The van der Waals surface area contributed by atoms with Gasteiger partial charge in [0.2, 0.25) is 0 Å². The average molecular weight is 611 g/mol. The normalized spacial score (nSPS) is 45.8. The predicted octanol–water partition coefficient (Wildman–Crippen LogP) is 5.27. The molecule has 240 valence electrons. The Hall–Kier alpha value is -2.91. The number of carbonyl (C=O) groups excluding carboxylic acids is 3. The third-order valence-electron chi connectivity index (χ3n) is 12.7. The van der Waals surface area contributed by atoms with Crippen molar-refractivity contribution in [2.75, 3.05) is 6.61 Å². The third kappa shape index (κ3) is 4.00. The molecule has 0 amide bonds. The van der Waals surface area contributed by atoms with Gasteiger partial charge in [0, 0.05) is 59.3 Å². The largest absolute Gasteiger partial charge is 0.472 e. The van der Waals surface area contributed by atoms with Crippen LogP contribution in [0.4, 0.5) is 0 Å². The molecule has 1 aliphatic heterocycles. The van der Waals surface area contributed by atoms with Crippen LogP contribution in [0.2, 0.25) is 0 Å². The molecule has 1 saturated heterocycles. The van der Waals surface area contributed by atoms with Crippen LogP contribution in [0.15, 0.2) is 46.3 Å². The summed E-state index contributed by atoms with van der Waals surface area (Å²) in [5.41, 5.74) is -0.215. The van der Waals surface area contributed by atoms with Crippen LogP contribution >= 0.6 is 0 Å². The zero-order valence-corrected chi connectivity index (χ0v) is 27.0. The molecule has 1 aromatic heterocycles. The number of ether oxygens (including phenoxy) is 4. The van der Waals surface area contributed by atoms with Crippen molar-refractivity contribution in [2.24, 2.45) is 33.5 Å². The molecule has 2 unspecified atom stereocenters. The molecule has 3 saturated carbocycles. The highest BCUT2D eigenvalue weighted by molar-refractivity contribution is 5.87. The van der Waals surface area contributed by atoms with E-state index in [-0.39, 0.29) is 23.7 Å². The molecule has 0 bridgehead atoms. The Kier molecular flexibility index (Phi) is 7.28. The highest BCUT2D eigenvalue weighted by atomic mass is 16.6. The minimum Gasteiger partial charge on any atom is -0.472 e. The lowest BCUT2D eigenvalue weighted by molar-refractivity contribution is -0.270. The number of carbonyl (C=O) groups is 3. The summed E-state index contributed by atoms with van der Waals surface area (Å²) < 4.78 is 30.6. The number of fused-ring (bicyclic) bond motifs is 4. The first-order chi connectivity index (χ1) is 20.6. The number of rotatable bonds is 5. The summed E-state index contributed by atoms with van der Waals surface area (Å²) in [7, 11) is 0. The van der Waals surface area contributed by atoms with E-state index in [1.807, 2.05) is 6.07 Å². The fraction of sp³-hybridized carbons (Fsp3) is 0.686. The zero-order chi connectivity index (χ0) is 32.0. The fourth-order valence-electron chi connectivity index (χ4n) is 10.6. The molecule has 1 aromatic rings. The summed E-state index contributed by atoms with van der Waals surface area (Å²) in [6.07, 6.45) is 5.61. The first-order valence-electron chi connectivity index (χ1n) is 15.9. The fourth-order valence-corrected chi connectivity index (χ4v) is 10.6. The molecule has 6 rings (SSSR count). The van der Waals surface area contributed by atoms with Crippen molar-refractivity contribution in [1.82, 2.24) is 0 Å². The number of hydrogen-bond acceptors (Lipinski definition) is 9. The maximum Gasteiger partial charge on any atom is 0.333 e. The van der Waals surface area contributed by atoms with Crippen LogP contribution in [-0.4, -0.2) is 60.1 Å². The van der Waals surface area contributed by atoms with Crippen molar-refractivity contribution in [3.05, 3.63) is 47.5 Å². The van der Waals surface area contributed by atoms with E-state index in [0.717, 1.165) is 11.1 Å². The monoisotopic (exact) mass is 610 g/mol. The summed E-state index contributed by atoms with van der Waals surface area (Å²) in [5.74, 6) is -1.79. The van der Waals surface area contributed by atoms with Gasteiger partial charge in [-0.15, -0.1) is 0 Å². The van der Waals surface area contributed by atoms with Crippen LogP contribution in [0.25, 0.3) is 0 Å². The zero-order valence-electron chi connectivity index (χ0n) is 27.0. The van der Waals surface area contributed by atoms with Gasteiger partial charge in [0.25, 0.3) is 0 Å². The quantitative estimate of drug-likeness (QED) is 0.206. The molecule has 9 nitrogen and oxygen atoms in total. The van der Waals surface area contributed by atoms with Crippen molar-refractivity contribution in [1.29, 1.82) is 0 Å². The molecule has 0 aromatic carbocycles. The van der Waals surface area contributed by atoms with E-state index in [1.54, 1.807) is 32.4 Å². The van der Waals surface area contributed by atoms with E-state index < -0.39 is 64.1 Å². The van der Waals surface area contributed by atoms with E-state index in [4.69, 9.17) is 23.4 Å². The molecular formula is C35H46O9. The smallest absolute Gasteiger partial charge is 0.333 e. The molecule has 12 atom stereocenters. The van der Waals surface area contributed by atoms with Crippen LogP contribution in [0.1, 0.15) is 86.1 Å². The van der Waals surface area contributed by atoms with Crippen molar-refractivity contribution in [2.45, 2.75) is 111 Å². The summed E-state index contributed by atoms with van der Waals surface area (Å²) in [6.45, 7) is 15.1. The molecule has 4 fully saturated rings. The Morgan fingerprint density at radius 1 is 0.955 bits per heavy atom. The number of aliphatic hydroxyl groups excluding tert-OH is 1. The Labute approximate surface area is 259 Å². The maximum absolute atomic E-state index is 13.4. The number of hydrogen-bond donors (Lipinski definition) is 1. The number of furan rings is 1. The molecule has 2 heterocycles. The molecule has 0 radical (unpaired) electrons. The van der Waals surface area contributed by atoms with Gasteiger partial charge in [0.15, 0.2) is 0 Å². The lowest BCUT2D eigenvalue weighted by Gasteiger charge is -2.70. The molecule has 9 heteroatoms. The second-order valence-electron chi connectivity index (χ2n) is 14.7. The molecule has 44 heavy (non-hydrogen) atoms. The van der Waals surface area contributed by atoms with Gasteiger partial charge in [-0.1, -0.05) is 45.4 Å². The van der Waals surface area contributed by atoms with Crippen molar-refractivity contribution in [3.63, 3.8) is 0 Å². The maximum atomic E-state index is 13.4. The van der Waals surface area contributed by atoms with Crippen LogP contribution in [-0.2, 0) is 33.3 Å². The summed E-state index contributed by atoms with van der Waals surface area (Å²) in [5, 5.41) is 12.5. The van der Waals surface area contributed by atoms with E-state index in [0.29, 0.717) is 31.4 Å². The number of aliphatic hydroxyl groups is 1. The second kappa shape index (κ2) is 10.3. The first kappa shape index (κ1) is 31.1. The van der Waals surface area contributed by atoms with E-state index in [1.165, 1.54) is 13.8 Å². The predicted molar refractivity (Wildman–Crippen MR) is 159 cm³/mol. The Morgan fingerprint density at radius 2 is 1.64 bits per heavy atom. The van der Waals surface area contributed by atoms with Crippen LogP contribution < -0.4 is 0 Å². The minimum absolute atomic E-state index is 0.0171. The first-order valence-corrected chi connectivity index (χ1v) is 15.9. The molecule has 4 aliphatic carbocycles.